The number of hydrogen-bond acceptors (Lipinski definition) is 4. The SMILES string of the molecule is O=C(O)COCC[N+]1(CC(=O)O)CCN(C(c2ccccc2)c2ccc(Cl)cc2)CC1. The van der Waals surface area contributed by atoms with Crippen LogP contribution in [0.2, 0.25) is 5.02 Å². The number of nitrogens with zero attached hydrogens (tertiary/aromatic N) is 2. The predicted molar refractivity (Wildman–Crippen MR) is 117 cm³/mol. The van der Waals surface area contributed by atoms with E-state index in [2.05, 4.69) is 17.0 Å². The molecule has 0 aromatic heterocycles. The number of rotatable bonds is 10. The molecule has 1 heterocycles. The van der Waals surface area contributed by atoms with Crippen molar-refractivity contribution in [2.45, 2.75) is 6.04 Å². The van der Waals surface area contributed by atoms with Crippen molar-refractivity contribution in [2.75, 3.05) is 52.5 Å². The van der Waals surface area contributed by atoms with E-state index in [0.29, 0.717) is 42.2 Å². The minimum Gasteiger partial charge on any atom is -0.480 e. The van der Waals surface area contributed by atoms with Gasteiger partial charge in [-0.15, -0.1) is 0 Å². The van der Waals surface area contributed by atoms with Gasteiger partial charge in [-0.1, -0.05) is 54.1 Å². The lowest BCUT2D eigenvalue weighted by atomic mass is 9.96. The highest BCUT2D eigenvalue weighted by atomic mass is 35.5. The third-order valence-electron chi connectivity index (χ3n) is 5.80. The fourth-order valence-electron chi connectivity index (χ4n) is 4.22. The smallest absolute Gasteiger partial charge is 0.359 e. The van der Waals surface area contributed by atoms with Gasteiger partial charge in [0, 0.05) is 18.1 Å². The van der Waals surface area contributed by atoms with Gasteiger partial charge in [-0.2, -0.15) is 0 Å². The number of carboxylic acid groups (broad SMARTS) is 2. The molecule has 2 aromatic carbocycles. The molecular weight excluding hydrogens is 420 g/mol. The Morgan fingerprint density at radius 3 is 2.16 bits per heavy atom. The number of aliphatic carboxylic acids is 2. The van der Waals surface area contributed by atoms with Crippen molar-refractivity contribution in [3.8, 4) is 0 Å². The Labute approximate surface area is 187 Å². The average Bonchev–Trinajstić information content (AvgIpc) is 2.74. The Kier molecular flexibility index (Phi) is 8.03. The lowest BCUT2D eigenvalue weighted by molar-refractivity contribution is -0.925. The molecule has 1 aliphatic heterocycles. The summed E-state index contributed by atoms with van der Waals surface area (Å²) in [5.41, 5.74) is 2.31. The van der Waals surface area contributed by atoms with Crippen molar-refractivity contribution < 1.29 is 29.0 Å². The molecule has 0 spiro atoms. The van der Waals surface area contributed by atoms with E-state index in [1.807, 2.05) is 42.5 Å². The molecular formula is C23H28ClN2O5+. The summed E-state index contributed by atoms with van der Waals surface area (Å²) < 4.78 is 5.58. The molecule has 1 unspecified atom stereocenters. The Balaban J connectivity index is 1.75. The lowest BCUT2D eigenvalue weighted by Crippen LogP contribution is -2.62. The molecule has 0 amide bonds. The Bertz CT molecular complexity index is 867. The monoisotopic (exact) mass is 447 g/mol. The average molecular weight is 448 g/mol. The zero-order chi connectivity index (χ0) is 22.3. The van der Waals surface area contributed by atoms with Gasteiger partial charge in [-0.3, -0.25) is 4.90 Å². The summed E-state index contributed by atoms with van der Waals surface area (Å²) in [6.45, 7) is 3.07. The molecule has 31 heavy (non-hydrogen) atoms. The first-order chi connectivity index (χ1) is 14.9. The minimum atomic E-state index is -1.02. The molecule has 2 N–H and O–H groups in total. The Hall–Kier alpha value is -2.45. The zero-order valence-corrected chi connectivity index (χ0v) is 18.1. The van der Waals surface area contributed by atoms with Crippen molar-refractivity contribution in [2.24, 2.45) is 0 Å². The van der Waals surface area contributed by atoms with Crippen LogP contribution in [0.3, 0.4) is 0 Å². The van der Waals surface area contributed by atoms with E-state index < -0.39 is 11.9 Å². The van der Waals surface area contributed by atoms with Gasteiger partial charge < -0.3 is 19.4 Å². The molecule has 0 aliphatic carbocycles. The number of ether oxygens (including phenoxy) is 1. The van der Waals surface area contributed by atoms with Crippen LogP contribution >= 0.6 is 11.6 Å². The third-order valence-corrected chi connectivity index (χ3v) is 6.05. The number of quaternary nitrogens is 1. The maximum atomic E-state index is 11.5. The number of carbonyl (C=O) groups is 2. The van der Waals surface area contributed by atoms with E-state index in [1.165, 1.54) is 5.56 Å². The van der Waals surface area contributed by atoms with Gasteiger partial charge in [0.2, 0.25) is 0 Å². The van der Waals surface area contributed by atoms with Gasteiger partial charge in [-0.05, 0) is 23.3 Å². The first-order valence-electron chi connectivity index (χ1n) is 10.3. The summed E-state index contributed by atoms with van der Waals surface area (Å²) in [7, 11) is 0. The summed E-state index contributed by atoms with van der Waals surface area (Å²) in [5.74, 6) is -1.88. The van der Waals surface area contributed by atoms with E-state index in [0.717, 1.165) is 5.56 Å². The van der Waals surface area contributed by atoms with Crippen molar-refractivity contribution >= 4 is 23.5 Å². The summed E-state index contributed by atoms with van der Waals surface area (Å²) in [4.78, 5) is 24.6. The Morgan fingerprint density at radius 1 is 0.968 bits per heavy atom. The number of hydrogen-bond donors (Lipinski definition) is 2. The van der Waals surface area contributed by atoms with Crippen LogP contribution in [0, 0.1) is 0 Å². The van der Waals surface area contributed by atoms with Gasteiger partial charge in [0.05, 0.1) is 25.7 Å². The highest BCUT2D eigenvalue weighted by molar-refractivity contribution is 6.30. The standard InChI is InChI=1S/C23H27ClN2O5/c24-20-8-6-19(7-9-20)23(18-4-2-1-3-5-18)25-10-12-26(13-11-25,16-21(27)28)14-15-31-17-22(29)30/h1-9,23H,10-17H2,(H-,27,28,29,30)/p+1. The van der Waals surface area contributed by atoms with Crippen LogP contribution in [0.25, 0.3) is 0 Å². The molecule has 1 fully saturated rings. The molecule has 2 aromatic rings. The van der Waals surface area contributed by atoms with Crippen LogP contribution in [0.4, 0.5) is 0 Å². The second-order valence-electron chi connectivity index (χ2n) is 7.91. The molecule has 1 atom stereocenters. The molecule has 8 heteroatoms. The van der Waals surface area contributed by atoms with Crippen molar-refractivity contribution in [3.63, 3.8) is 0 Å². The topological polar surface area (TPSA) is 87.1 Å². The van der Waals surface area contributed by atoms with Crippen LogP contribution in [0.5, 0.6) is 0 Å². The van der Waals surface area contributed by atoms with Crippen LogP contribution in [-0.4, -0.2) is 84.0 Å². The van der Waals surface area contributed by atoms with Crippen LogP contribution < -0.4 is 0 Å². The molecule has 0 saturated carbocycles. The van der Waals surface area contributed by atoms with Gasteiger partial charge >= 0.3 is 11.9 Å². The molecule has 166 valence electrons. The summed E-state index contributed by atoms with van der Waals surface area (Å²) in [6, 6.07) is 18.1. The van der Waals surface area contributed by atoms with Crippen molar-refractivity contribution in [1.29, 1.82) is 0 Å². The fourth-order valence-corrected chi connectivity index (χ4v) is 4.35. The first-order valence-corrected chi connectivity index (χ1v) is 10.7. The van der Waals surface area contributed by atoms with Gasteiger partial charge in [0.15, 0.2) is 6.54 Å². The van der Waals surface area contributed by atoms with E-state index in [9.17, 15) is 14.7 Å². The number of carboxylic acids is 2. The molecule has 0 radical (unpaired) electrons. The van der Waals surface area contributed by atoms with Gasteiger partial charge in [-0.25, -0.2) is 9.59 Å². The van der Waals surface area contributed by atoms with Crippen molar-refractivity contribution in [3.05, 3.63) is 70.7 Å². The summed E-state index contributed by atoms with van der Waals surface area (Å²) >= 11 is 6.09. The maximum absolute atomic E-state index is 11.5. The Morgan fingerprint density at radius 2 is 1.58 bits per heavy atom. The first kappa shape index (κ1) is 23.2. The minimum absolute atomic E-state index is 0.00121. The van der Waals surface area contributed by atoms with Crippen LogP contribution in [0.1, 0.15) is 17.2 Å². The van der Waals surface area contributed by atoms with Crippen molar-refractivity contribution in [1.82, 2.24) is 4.90 Å². The van der Waals surface area contributed by atoms with E-state index in [-0.39, 0.29) is 25.8 Å². The number of halogens is 1. The molecule has 1 aliphatic rings. The zero-order valence-electron chi connectivity index (χ0n) is 17.3. The van der Waals surface area contributed by atoms with Gasteiger partial charge in [0.1, 0.15) is 13.2 Å². The second-order valence-corrected chi connectivity index (χ2v) is 8.35. The molecule has 3 rings (SSSR count). The van der Waals surface area contributed by atoms with E-state index in [4.69, 9.17) is 21.4 Å². The number of benzene rings is 2. The highest BCUT2D eigenvalue weighted by Gasteiger charge is 2.37. The summed E-state index contributed by atoms with van der Waals surface area (Å²) in [6.07, 6.45) is 0. The highest BCUT2D eigenvalue weighted by Crippen LogP contribution is 2.31. The van der Waals surface area contributed by atoms with Crippen LogP contribution in [0.15, 0.2) is 54.6 Å². The molecule has 7 nitrogen and oxygen atoms in total. The normalized spacial score (nSPS) is 17.2. The fraction of sp³-hybridized carbons (Fsp3) is 0.391. The van der Waals surface area contributed by atoms with E-state index in [1.54, 1.807) is 0 Å². The summed E-state index contributed by atoms with van der Waals surface area (Å²) in [5, 5.41) is 18.9. The molecule has 0 bridgehead atoms. The quantitative estimate of drug-likeness (QED) is 0.430. The number of piperazine rings is 1. The largest absolute Gasteiger partial charge is 0.480 e. The van der Waals surface area contributed by atoms with E-state index >= 15 is 0 Å². The predicted octanol–water partition coefficient (Wildman–Crippen LogP) is 2.75. The maximum Gasteiger partial charge on any atom is 0.359 e. The molecule has 1 saturated heterocycles. The third kappa shape index (κ3) is 6.51. The second kappa shape index (κ2) is 10.7. The van der Waals surface area contributed by atoms with Gasteiger partial charge in [0.25, 0.3) is 0 Å². The lowest BCUT2D eigenvalue weighted by Gasteiger charge is -2.46. The van der Waals surface area contributed by atoms with Crippen LogP contribution in [-0.2, 0) is 14.3 Å².